The van der Waals surface area contributed by atoms with Crippen LogP contribution in [0.2, 0.25) is 6.55 Å². The highest BCUT2D eigenvalue weighted by Crippen LogP contribution is 2.07. The van der Waals surface area contributed by atoms with Crippen molar-refractivity contribution in [3.63, 3.8) is 0 Å². The quantitative estimate of drug-likeness (QED) is 0.376. The van der Waals surface area contributed by atoms with Crippen LogP contribution in [0.15, 0.2) is 17.4 Å². The fourth-order valence-electron chi connectivity index (χ4n) is 0.734. The summed E-state index contributed by atoms with van der Waals surface area (Å²) in [5.41, 5.74) is 2.72. The van der Waals surface area contributed by atoms with Crippen molar-refractivity contribution in [2.75, 3.05) is 7.11 Å². The van der Waals surface area contributed by atoms with E-state index in [-0.39, 0.29) is 0 Å². The number of rotatable bonds is 6. The van der Waals surface area contributed by atoms with Gasteiger partial charge in [0.05, 0.1) is 5.71 Å². The lowest BCUT2D eigenvalue weighted by Crippen LogP contribution is -2.33. The Morgan fingerprint density at radius 1 is 1.62 bits per heavy atom. The smallest absolute Gasteiger partial charge is 0.417 e. The van der Waals surface area contributed by atoms with Crippen LogP contribution in [0.3, 0.4) is 0 Å². The first-order valence-electron chi connectivity index (χ1n) is 4.48. The topological polar surface area (TPSA) is 30.8 Å². The van der Waals surface area contributed by atoms with Gasteiger partial charge in [-0.25, -0.2) is 0 Å². The first kappa shape index (κ1) is 12.4. The van der Waals surface area contributed by atoms with Crippen molar-refractivity contribution in [3.8, 4) is 0 Å². The van der Waals surface area contributed by atoms with Crippen molar-refractivity contribution >= 4 is 14.3 Å². The molecule has 0 radical (unpaired) electrons. The summed E-state index contributed by atoms with van der Waals surface area (Å²) in [6.07, 6.45) is 2.05. The van der Waals surface area contributed by atoms with Crippen molar-refractivity contribution in [1.82, 2.24) is 0 Å². The summed E-state index contributed by atoms with van der Waals surface area (Å²) in [6.45, 7) is 9.64. The molecule has 0 fully saturated rings. The van der Waals surface area contributed by atoms with Crippen molar-refractivity contribution in [3.05, 3.63) is 12.3 Å². The summed E-state index contributed by atoms with van der Waals surface area (Å²) in [4.78, 5) is 0. The van der Waals surface area contributed by atoms with Crippen LogP contribution in [0.5, 0.6) is 0 Å². The molecule has 0 saturated carbocycles. The Kier molecular flexibility index (Phi) is 5.66. The van der Waals surface area contributed by atoms with Crippen LogP contribution in [0.4, 0.5) is 0 Å². The van der Waals surface area contributed by atoms with Crippen LogP contribution in [0.25, 0.3) is 0 Å². The zero-order valence-corrected chi connectivity index (χ0v) is 9.96. The second-order valence-electron chi connectivity index (χ2n) is 3.09. The van der Waals surface area contributed by atoms with Crippen LogP contribution in [-0.2, 0) is 8.95 Å². The molecule has 0 spiro atoms. The first-order valence-corrected chi connectivity index (χ1v) is 6.87. The number of oxime groups is 1. The zero-order chi connectivity index (χ0) is 10.3. The van der Waals surface area contributed by atoms with Gasteiger partial charge in [-0.1, -0.05) is 13.3 Å². The van der Waals surface area contributed by atoms with Gasteiger partial charge in [0.15, 0.2) is 0 Å². The van der Waals surface area contributed by atoms with Gasteiger partial charge in [0, 0.05) is 7.11 Å². The summed E-state index contributed by atoms with van der Waals surface area (Å²) in [5, 5.41) is 4.01. The lowest BCUT2D eigenvalue weighted by Gasteiger charge is -2.17. The van der Waals surface area contributed by atoms with Gasteiger partial charge in [0.2, 0.25) is 0 Å². The van der Waals surface area contributed by atoms with Gasteiger partial charge < -0.3 is 8.95 Å². The first-order chi connectivity index (χ1) is 6.08. The van der Waals surface area contributed by atoms with Gasteiger partial charge in [0.1, 0.15) is 0 Å². The van der Waals surface area contributed by atoms with Gasteiger partial charge in [-0.15, -0.1) is 11.7 Å². The Morgan fingerprint density at radius 2 is 2.23 bits per heavy atom. The number of hydrogen-bond acceptors (Lipinski definition) is 3. The van der Waals surface area contributed by atoms with Crippen molar-refractivity contribution < 1.29 is 8.95 Å². The molecule has 0 aromatic carbocycles. The fraction of sp³-hybridized carbons (Fsp3) is 0.667. The maximum Gasteiger partial charge on any atom is 0.449 e. The minimum atomic E-state index is -2.21. The maximum atomic E-state index is 5.33. The Bertz CT molecular complexity index is 194. The standard InChI is InChI=1S/C9H19NO2Si/c1-6-8-9(3)10-12-13(5,7-2)11-4/h7H,2,6,8H2,1,3-5H3. The van der Waals surface area contributed by atoms with Gasteiger partial charge in [0.25, 0.3) is 0 Å². The molecule has 1 unspecified atom stereocenters. The normalized spacial score (nSPS) is 16.5. The highest BCUT2D eigenvalue weighted by atomic mass is 28.4. The van der Waals surface area contributed by atoms with Crippen LogP contribution < -0.4 is 0 Å². The summed E-state index contributed by atoms with van der Waals surface area (Å²) in [6, 6.07) is 0. The summed E-state index contributed by atoms with van der Waals surface area (Å²) in [5.74, 6) is 0. The molecular formula is C9H19NO2Si. The molecule has 0 bridgehead atoms. The van der Waals surface area contributed by atoms with E-state index in [0.717, 1.165) is 18.6 Å². The fourth-order valence-corrected chi connectivity index (χ4v) is 1.39. The molecule has 0 rings (SSSR count). The van der Waals surface area contributed by atoms with Gasteiger partial charge in [-0.3, -0.25) is 0 Å². The third kappa shape index (κ3) is 4.85. The number of hydrogen-bond donors (Lipinski definition) is 0. The van der Waals surface area contributed by atoms with E-state index in [0.29, 0.717) is 0 Å². The molecule has 0 N–H and O–H groups in total. The zero-order valence-electron chi connectivity index (χ0n) is 8.96. The van der Waals surface area contributed by atoms with E-state index in [1.165, 1.54) is 0 Å². The molecule has 1 atom stereocenters. The summed E-state index contributed by atoms with van der Waals surface area (Å²) < 4.78 is 10.5. The molecular weight excluding hydrogens is 182 g/mol. The van der Waals surface area contributed by atoms with E-state index in [9.17, 15) is 0 Å². The Labute approximate surface area is 81.7 Å². The average Bonchev–Trinajstić information content (AvgIpc) is 2.15. The van der Waals surface area contributed by atoms with Crippen LogP contribution in [-0.4, -0.2) is 21.4 Å². The predicted octanol–water partition coefficient (Wildman–Crippen LogP) is 2.62. The van der Waals surface area contributed by atoms with Gasteiger partial charge in [-0.2, -0.15) is 0 Å². The molecule has 13 heavy (non-hydrogen) atoms. The molecule has 0 aromatic heterocycles. The molecule has 3 nitrogen and oxygen atoms in total. The van der Waals surface area contributed by atoms with Crippen molar-refractivity contribution in [2.24, 2.45) is 5.16 Å². The molecule has 4 heteroatoms. The van der Waals surface area contributed by atoms with Crippen molar-refractivity contribution in [1.29, 1.82) is 0 Å². The molecule has 0 aliphatic heterocycles. The van der Waals surface area contributed by atoms with E-state index < -0.39 is 8.56 Å². The molecule has 0 heterocycles. The van der Waals surface area contributed by atoms with E-state index in [2.05, 4.69) is 18.7 Å². The average molecular weight is 201 g/mol. The molecule has 0 aliphatic rings. The maximum absolute atomic E-state index is 5.33. The Balaban J connectivity index is 4.11. The third-order valence-electron chi connectivity index (χ3n) is 1.77. The Morgan fingerprint density at radius 3 is 2.62 bits per heavy atom. The molecule has 0 amide bonds. The van der Waals surface area contributed by atoms with E-state index in [1.807, 2.05) is 13.5 Å². The SMILES string of the molecule is C=C[Si](C)(OC)ON=C(C)CCC. The van der Waals surface area contributed by atoms with Crippen molar-refractivity contribution in [2.45, 2.75) is 33.2 Å². The highest BCUT2D eigenvalue weighted by Gasteiger charge is 2.28. The largest absolute Gasteiger partial charge is 0.449 e. The summed E-state index contributed by atoms with van der Waals surface area (Å²) >= 11 is 0. The third-order valence-corrected chi connectivity index (χ3v) is 3.78. The predicted molar refractivity (Wildman–Crippen MR) is 57.9 cm³/mol. The monoisotopic (exact) mass is 201 g/mol. The van der Waals surface area contributed by atoms with E-state index in [4.69, 9.17) is 8.95 Å². The highest BCUT2D eigenvalue weighted by molar-refractivity contribution is 6.71. The lowest BCUT2D eigenvalue weighted by molar-refractivity contribution is 0.226. The van der Waals surface area contributed by atoms with Crippen LogP contribution >= 0.6 is 0 Å². The second-order valence-corrected chi connectivity index (χ2v) is 6.12. The Hall–Kier alpha value is -0.613. The summed E-state index contributed by atoms with van der Waals surface area (Å²) in [7, 11) is -0.589. The van der Waals surface area contributed by atoms with Gasteiger partial charge in [-0.05, 0) is 25.6 Å². The second kappa shape index (κ2) is 5.94. The molecule has 76 valence electrons. The van der Waals surface area contributed by atoms with E-state index >= 15 is 0 Å². The minimum Gasteiger partial charge on any atom is -0.417 e. The number of nitrogens with zero attached hydrogens (tertiary/aromatic N) is 1. The lowest BCUT2D eigenvalue weighted by atomic mass is 10.2. The van der Waals surface area contributed by atoms with E-state index in [1.54, 1.807) is 12.8 Å². The molecule has 0 saturated heterocycles. The molecule has 0 aliphatic carbocycles. The molecule has 0 aromatic rings. The van der Waals surface area contributed by atoms with Crippen LogP contribution in [0, 0.1) is 0 Å². The van der Waals surface area contributed by atoms with Crippen LogP contribution in [0.1, 0.15) is 26.7 Å². The minimum absolute atomic E-state index is 0.964. The van der Waals surface area contributed by atoms with Gasteiger partial charge >= 0.3 is 8.56 Å².